The van der Waals surface area contributed by atoms with Crippen molar-refractivity contribution in [2.45, 2.75) is 45.1 Å². The number of fused-ring (bicyclic) bond motifs is 1. The predicted octanol–water partition coefficient (Wildman–Crippen LogP) is 3.12. The van der Waals surface area contributed by atoms with Gasteiger partial charge >= 0.3 is 5.97 Å². The van der Waals surface area contributed by atoms with Gasteiger partial charge in [-0.3, -0.25) is 0 Å². The highest BCUT2D eigenvalue weighted by atomic mass is 16.5. The van der Waals surface area contributed by atoms with Gasteiger partial charge in [0.1, 0.15) is 5.82 Å². The van der Waals surface area contributed by atoms with Crippen LogP contribution in [0.3, 0.4) is 0 Å². The molecule has 0 aromatic heterocycles. The number of nitrogens with two attached hydrogens (primary N) is 1. The van der Waals surface area contributed by atoms with Crippen LogP contribution in [0.4, 0.5) is 0 Å². The number of carbonyl (C=O) groups is 1. The highest BCUT2D eigenvalue weighted by Crippen LogP contribution is 2.25. The van der Waals surface area contributed by atoms with Crippen LogP contribution in [-0.2, 0) is 11.3 Å². The summed E-state index contributed by atoms with van der Waals surface area (Å²) in [5.74, 6) is 1.16. The van der Waals surface area contributed by atoms with E-state index in [4.69, 9.17) is 10.5 Å². The van der Waals surface area contributed by atoms with Gasteiger partial charge in [-0.15, -0.1) is 0 Å². The Labute approximate surface area is 156 Å². The average Bonchev–Trinajstić information content (AvgIpc) is 3.15. The fourth-order valence-corrected chi connectivity index (χ4v) is 3.69. The van der Waals surface area contributed by atoms with Gasteiger partial charge in [-0.25, -0.2) is 4.79 Å². The number of nitrogens with zero attached hydrogens (tertiary/aromatic N) is 2. The molecule has 0 amide bonds. The van der Waals surface area contributed by atoms with Crippen molar-refractivity contribution in [3.05, 3.63) is 47.3 Å². The molecule has 0 radical (unpaired) electrons. The molecular weight excluding hydrogens is 326 g/mol. The standard InChI is InChI=1S/C21H31N3O2/c22-12-3-1-2-4-16-26-21(25)19-10-8-18(9-11-19)17-24-15-6-14-23-13-5-7-20(23)24/h7-11H,1-6,12-17,22H2. The summed E-state index contributed by atoms with van der Waals surface area (Å²) < 4.78 is 5.36. The Balaban J connectivity index is 1.45. The first-order chi connectivity index (χ1) is 12.8. The minimum absolute atomic E-state index is 0.224. The van der Waals surface area contributed by atoms with Crippen LogP contribution in [0.5, 0.6) is 0 Å². The monoisotopic (exact) mass is 357 g/mol. The third-order valence-electron chi connectivity index (χ3n) is 5.12. The molecule has 26 heavy (non-hydrogen) atoms. The van der Waals surface area contributed by atoms with Crippen LogP contribution in [0.1, 0.15) is 54.4 Å². The van der Waals surface area contributed by atoms with E-state index in [0.29, 0.717) is 12.2 Å². The average molecular weight is 357 g/mol. The second kappa shape index (κ2) is 9.62. The van der Waals surface area contributed by atoms with Crippen LogP contribution in [0.2, 0.25) is 0 Å². The molecule has 2 aliphatic heterocycles. The molecule has 1 fully saturated rings. The first-order valence-corrected chi connectivity index (χ1v) is 9.94. The highest BCUT2D eigenvalue weighted by Gasteiger charge is 2.24. The second-order valence-electron chi connectivity index (χ2n) is 7.15. The largest absolute Gasteiger partial charge is 0.462 e. The van der Waals surface area contributed by atoms with Crippen molar-refractivity contribution in [1.82, 2.24) is 9.80 Å². The van der Waals surface area contributed by atoms with Crippen molar-refractivity contribution in [1.29, 1.82) is 0 Å². The normalized spacial score (nSPS) is 16.4. The van der Waals surface area contributed by atoms with Gasteiger partial charge in [-0.1, -0.05) is 25.0 Å². The lowest BCUT2D eigenvalue weighted by atomic mass is 10.1. The van der Waals surface area contributed by atoms with Gasteiger partial charge in [0.25, 0.3) is 0 Å². The zero-order valence-electron chi connectivity index (χ0n) is 15.7. The van der Waals surface area contributed by atoms with E-state index in [1.54, 1.807) is 0 Å². The van der Waals surface area contributed by atoms with Crippen LogP contribution >= 0.6 is 0 Å². The third kappa shape index (κ3) is 5.01. The molecule has 5 heteroatoms. The van der Waals surface area contributed by atoms with Crippen LogP contribution in [-0.4, -0.2) is 48.6 Å². The molecule has 2 aliphatic rings. The summed E-state index contributed by atoms with van der Waals surface area (Å²) in [6.45, 7) is 5.57. The molecule has 1 aromatic carbocycles. The van der Waals surface area contributed by atoms with E-state index in [2.05, 4.69) is 15.9 Å². The lowest BCUT2D eigenvalue weighted by molar-refractivity contribution is 0.0497. The van der Waals surface area contributed by atoms with Crippen molar-refractivity contribution in [3.8, 4) is 0 Å². The van der Waals surface area contributed by atoms with Gasteiger partial charge in [0.15, 0.2) is 0 Å². The number of rotatable bonds is 9. The van der Waals surface area contributed by atoms with Gasteiger partial charge in [0.2, 0.25) is 0 Å². The van der Waals surface area contributed by atoms with E-state index in [0.717, 1.165) is 58.3 Å². The Morgan fingerprint density at radius 1 is 1.04 bits per heavy atom. The summed E-state index contributed by atoms with van der Waals surface area (Å²) in [6.07, 6.45) is 8.83. The third-order valence-corrected chi connectivity index (χ3v) is 5.12. The zero-order valence-corrected chi connectivity index (χ0v) is 15.7. The molecule has 0 unspecified atom stereocenters. The molecule has 1 saturated heterocycles. The summed E-state index contributed by atoms with van der Waals surface area (Å²) in [5.41, 5.74) is 7.34. The predicted molar refractivity (Wildman–Crippen MR) is 104 cm³/mol. The van der Waals surface area contributed by atoms with Gasteiger partial charge in [0, 0.05) is 26.2 Å². The molecule has 0 atom stereocenters. The Morgan fingerprint density at radius 2 is 1.85 bits per heavy atom. The molecule has 142 valence electrons. The van der Waals surface area contributed by atoms with Crippen molar-refractivity contribution in [2.75, 3.05) is 32.8 Å². The molecule has 0 saturated carbocycles. The number of esters is 1. The molecule has 3 rings (SSSR count). The second-order valence-corrected chi connectivity index (χ2v) is 7.15. The molecule has 0 aliphatic carbocycles. The highest BCUT2D eigenvalue weighted by molar-refractivity contribution is 5.89. The molecule has 1 aromatic rings. The quantitative estimate of drug-likeness (QED) is 0.543. The van der Waals surface area contributed by atoms with E-state index in [1.165, 1.54) is 24.4 Å². The van der Waals surface area contributed by atoms with E-state index in [1.807, 2.05) is 24.3 Å². The molecule has 0 spiro atoms. The molecule has 5 nitrogen and oxygen atoms in total. The molecule has 2 heterocycles. The van der Waals surface area contributed by atoms with Crippen LogP contribution in [0.15, 0.2) is 36.2 Å². The van der Waals surface area contributed by atoms with Crippen molar-refractivity contribution in [2.24, 2.45) is 5.73 Å². The molecular formula is C21H31N3O2. The molecule has 2 N–H and O–H groups in total. The van der Waals surface area contributed by atoms with Crippen LogP contribution in [0.25, 0.3) is 0 Å². The fraction of sp³-hybridized carbons (Fsp3) is 0.571. The Bertz CT molecular complexity index is 612. The number of unbranched alkanes of at least 4 members (excludes halogenated alkanes) is 3. The van der Waals surface area contributed by atoms with Crippen LogP contribution in [0, 0.1) is 0 Å². The SMILES string of the molecule is NCCCCCCOC(=O)c1ccc(CN2CCCN3CCC=C32)cc1. The van der Waals surface area contributed by atoms with E-state index in [9.17, 15) is 4.79 Å². The van der Waals surface area contributed by atoms with Crippen molar-refractivity contribution >= 4 is 5.97 Å². The van der Waals surface area contributed by atoms with Gasteiger partial charge < -0.3 is 20.3 Å². The number of hydrogen-bond acceptors (Lipinski definition) is 5. The van der Waals surface area contributed by atoms with Crippen LogP contribution < -0.4 is 5.73 Å². The number of ether oxygens (including phenoxy) is 1. The summed E-state index contributed by atoms with van der Waals surface area (Å²) in [7, 11) is 0. The van der Waals surface area contributed by atoms with Gasteiger partial charge in [-0.2, -0.15) is 0 Å². The van der Waals surface area contributed by atoms with E-state index < -0.39 is 0 Å². The first-order valence-electron chi connectivity index (χ1n) is 9.94. The maximum Gasteiger partial charge on any atom is 0.338 e. The lowest BCUT2D eigenvalue weighted by Gasteiger charge is -2.38. The van der Waals surface area contributed by atoms with Gasteiger partial charge in [0.05, 0.1) is 12.2 Å². The summed E-state index contributed by atoms with van der Waals surface area (Å²) in [5, 5.41) is 0. The topological polar surface area (TPSA) is 58.8 Å². The minimum Gasteiger partial charge on any atom is -0.462 e. The maximum absolute atomic E-state index is 12.1. The number of carbonyl (C=O) groups excluding carboxylic acids is 1. The molecule has 0 bridgehead atoms. The minimum atomic E-state index is -0.224. The Kier molecular flexibility index (Phi) is 6.95. The van der Waals surface area contributed by atoms with E-state index in [-0.39, 0.29) is 5.97 Å². The van der Waals surface area contributed by atoms with Crippen molar-refractivity contribution < 1.29 is 9.53 Å². The lowest BCUT2D eigenvalue weighted by Crippen LogP contribution is -2.39. The Morgan fingerprint density at radius 3 is 2.65 bits per heavy atom. The number of hydrogen-bond donors (Lipinski definition) is 1. The smallest absolute Gasteiger partial charge is 0.338 e. The summed E-state index contributed by atoms with van der Waals surface area (Å²) in [6, 6.07) is 7.87. The first kappa shape index (κ1) is 18.8. The maximum atomic E-state index is 12.1. The van der Waals surface area contributed by atoms with Gasteiger partial charge in [-0.05, 0) is 56.0 Å². The Hall–Kier alpha value is -2.01. The zero-order chi connectivity index (χ0) is 18.2. The van der Waals surface area contributed by atoms with E-state index >= 15 is 0 Å². The van der Waals surface area contributed by atoms with Crippen molar-refractivity contribution in [3.63, 3.8) is 0 Å². The summed E-state index contributed by atoms with van der Waals surface area (Å²) >= 11 is 0. The fourth-order valence-electron chi connectivity index (χ4n) is 3.69. The number of benzene rings is 1. The summed E-state index contributed by atoms with van der Waals surface area (Å²) in [4.78, 5) is 17.0.